The van der Waals surface area contributed by atoms with Gasteiger partial charge in [0.05, 0.1) is 13.2 Å². The summed E-state index contributed by atoms with van der Waals surface area (Å²) in [4.78, 5) is 29.5. The minimum atomic E-state index is -0.0155. The van der Waals surface area contributed by atoms with E-state index in [0.717, 1.165) is 38.8 Å². The molecule has 0 bridgehead atoms. The van der Waals surface area contributed by atoms with Gasteiger partial charge in [0.1, 0.15) is 0 Å². The third kappa shape index (κ3) is 4.78. The van der Waals surface area contributed by atoms with Crippen LogP contribution in [-0.2, 0) is 4.79 Å². The fourth-order valence-electron chi connectivity index (χ4n) is 4.04. The number of piperidine rings is 2. The molecule has 0 aliphatic carbocycles. The first-order valence-electron chi connectivity index (χ1n) is 10.4. The maximum absolute atomic E-state index is 12.9. The average Bonchev–Trinajstić information content (AvgIpc) is 2.73. The largest absolute Gasteiger partial charge is 0.493 e. The van der Waals surface area contributed by atoms with E-state index in [2.05, 4.69) is 0 Å². The molecule has 0 atom stereocenters. The number of ether oxygens (including phenoxy) is 2. The summed E-state index contributed by atoms with van der Waals surface area (Å²) in [7, 11) is 1.58. The lowest BCUT2D eigenvalue weighted by Crippen LogP contribution is -2.45. The molecule has 154 valence electrons. The van der Waals surface area contributed by atoms with Gasteiger partial charge in [-0.15, -0.1) is 0 Å². The van der Waals surface area contributed by atoms with Crippen LogP contribution in [0.4, 0.5) is 0 Å². The zero-order chi connectivity index (χ0) is 20.1. The number of nitrogens with zero attached hydrogens (tertiary/aromatic N) is 2. The summed E-state index contributed by atoms with van der Waals surface area (Å²) in [5, 5.41) is 0. The third-order valence-electron chi connectivity index (χ3n) is 5.57. The molecule has 0 spiro atoms. The predicted octanol–water partition coefficient (Wildman–Crippen LogP) is 3.35. The van der Waals surface area contributed by atoms with Gasteiger partial charge in [0.15, 0.2) is 11.5 Å². The maximum Gasteiger partial charge on any atom is 0.253 e. The number of hydrogen-bond acceptors (Lipinski definition) is 4. The Balaban J connectivity index is 1.59. The molecular weight excluding hydrogens is 356 g/mol. The van der Waals surface area contributed by atoms with Gasteiger partial charge < -0.3 is 19.3 Å². The van der Waals surface area contributed by atoms with Crippen molar-refractivity contribution in [2.24, 2.45) is 5.92 Å². The molecule has 2 aliphatic heterocycles. The second kappa shape index (κ2) is 9.30. The number of methoxy groups -OCH3 is 1. The Kier molecular flexibility index (Phi) is 6.81. The molecule has 0 unspecified atom stereocenters. The number of rotatable bonds is 5. The summed E-state index contributed by atoms with van der Waals surface area (Å²) in [5.41, 5.74) is 0.591. The summed E-state index contributed by atoms with van der Waals surface area (Å²) in [6, 6.07) is 5.32. The zero-order valence-electron chi connectivity index (χ0n) is 17.3. The Hall–Kier alpha value is -2.24. The smallest absolute Gasteiger partial charge is 0.253 e. The number of carbonyl (C=O) groups is 2. The Bertz CT molecular complexity index is 690. The number of likely N-dealkylation sites (tertiary alicyclic amines) is 2. The molecule has 2 saturated heterocycles. The molecule has 1 aromatic carbocycles. The van der Waals surface area contributed by atoms with E-state index in [1.807, 2.05) is 23.6 Å². The highest BCUT2D eigenvalue weighted by Crippen LogP contribution is 2.30. The van der Waals surface area contributed by atoms with E-state index in [4.69, 9.17) is 9.47 Å². The van der Waals surface area contributed by atoms with Crippen molar-refractivity contribution in [3.63, 3.8) is 0 Å². The van der Waals surface area contributed by atoms with Gasteiger partial charge in [-0.1, -0.05) is 0 Å². The first-order valence-corrected chi connectivity index (χ1v) is 10.4. The van der Waals surface area contributed by atoms with Crippen molar-refractivity contribution in [3.05, 3.63) is 23.8 Å². The summed E-state index contributed by atoms with van der Waals surface area (Å²) in [6.07, 6.45) is 4.97. The molecule has 1 aromatic rings. The minimum Gasteiger partial charge on any atom is -0.493 e. The van der Waals surface area contributed by atoms with Gasteiger partial charge in [-0.25, -0.2) is 0 Å². The molecular formula is C22H32N2O4. The van der Waals surface area contributed by atoms with Crippen LogP contribution in [0, 0.1) is 5.92 Å². The molecule has 3 rings (SSSR count). The van der Waals surface area contributed by atoms with Crippen molar-refractivity contribution in [2.45, 2.75) is 52.1 Å². The lowest BCUT2D eigenvalue weighted by molar-refractivity contribution is -0.137. The Labute approximate surface area is 167 Å². The fraction of sp³-hybridized carbons (Fsp3) is 0.636. The third-order valence-corrected chi connectivity index (χ3v) is 5.57. The van der Waals surface area contributed by atoms with Gasteiger partial charge in [-0.3, -0.25) is 9.59 Å². The number of benzene rings is 1. The van der Waals surface area contributed by atoms with Crippen LogP contribution in [-0.4, -0.2) is 61.0 Å². The van der Waals surface area contributed by atoms with Crippen LogP contribution in [0.25, 0.3) is 0 Å². The Morgan fingerprint density at radius 3 is 2.25 bits per heavy atom. The molecule has 0 aromatic heterocycles. The molecule has 2 heterocycles. The molecule has 28 heavy (non-hydrogen) atoms. The van der Waals surface area contributed by atoms with E-state index in [-0.39, 0.29) is 23.8 Å². The minimum absolute atomic E-state index is 0.0155. The van der Waals surface area contributed by atoms with Crippen LogP contribution in [0.5, 0.6) is 11.5 Å². The molecule has 6 heteroatoms. The highest BCUT2D eigenvalue weighted by atomic mass is 16.5. The maximum atomic E-state index is 12.9. The van der Waals surface area contributed by atoms with E-state index in [0.29, 0.717) is 30.2 Å². The second-order valence-electron chi connectivity index (χ2n) is 7.98. The SMILES string of the molecule is COc1cc(C(=O)N2CCC(C(=O)N3CCCCC3)CC2)ccc1OC(C)C. The average molecular weight is 389 g/mol. The van der Waals surface area contributed by atoms with E-state index < -0.39 is 0 Å². The zero-order valence-corrected chi connectivity index (χ0v) is 17.3. The van der Waals surface area contributed by atoms with Crippen LogP contribution in [0.15, 0.2) is 18.2 Å². The van der Waals surface area contributed by atoms with Gasteiger partial charge in [-0.2, -0.15) is 0 Å². The van der Waals surface area contributed by atoms with Crippen molar-refractivity contribution in [1.29, 1.82) is 0 Å². The van der Waals surface area contributed by atoms with E-state index in [9.17, 15) is 9.59 Å². The van der Waals surface area contributed by atoms with Crippen molar-refractivity contribution in [3.8, 4) is 11.5 Å². The topological polar surface area (TPSA) is 59.1 Å². The van der Waals surface area contributed by atoms with Crippen molar-refractivity contribution in [1.82, 2.24) is 9.80 Å². The Morgan fingerprint density at radius 1 is 0.964 bits per heavy atom. The molecule has 2 amide bonds. The Morgan fingerprint density at radius 2 is 1.64 bits per heavy atom. The lowest BCUT2D eigenvalue weighted by Gasteiger charge is -2.35. The van der Waals surface area contributed by atoms with Crippen molar-refractivity contribution < 1.29 is 19.1 Å². The first kappa shape index (κ1) is 20.5. The molecule has 0 saturated carbocycles. The van der Waals surface area contributed by atoms with Gasteiger partial charge in [-0.05, 0) is 64.2 Å². The molecule has 6 nitrogen and oxygen atoms in total. The fourth-order valence-corrected chi connectivity index (χ4v) is 4.04. The number of hydrogen-bond donors (Lipinski definition) is 0. The highest BCUT2D eigenvalue weighted by molar-refractivity contribution is 5.95. The van der Waals surface area contributed by atoms with E-state index in [1.165, 1.54) is 6.42 Å². The molecule has 0 radical (unpaired) electrons. The van der Waals surface area contributed by atoms with E-state index in [1.54, 1.807) is 25.3 Å². The van der Waals surface area contributed by atoms with Crippen LogP contribution in [0.1, 0.15) is 56.3 Å². The number of carbonyl (C=O) groups excluding carboxylic acids is 2. The van der Waals surface area contributed by atoms with Gasteiger partial charge >= 0.3 is 0 Å². The second-order valence-corrected chi connectivity index (χ2v) is 7.98. The van der Waals surface area contributed by atoms with Crippen molar-refractivity contribution in [2.75, 3.05) is 33.3 Å². The summed E-state index contributed by atoms with van der Waals surface area (Å²) < 4.78 is 11.1. The van der Waals surface area contributed by atoms with Gasteiger partial charge in [0.25, 0.3) is 5.91 Å². The highest BCUT2D eigenvalue weighted by Gasteiger charge is 2.31. The number of amides is 2. The lowest BCUT2D eigenvalue weighted by atomic mass is 9.94. The van der Waals surface area contributed by atoms with Gasteiger partial charge in [0, 0.05) is 37.7 Å². The first-order chi connectivity index (χ1) is 13.5. The quantitative estimate of drug-likeness (QED) is 0.776. The summed E-state index contributed by atoms with van der Waals surface area (Å²) in [5.74, 6) is 1.52. The molecule has 0 N–H and O–H groups in total. The summed E-state index contributed by atoms with van der Waals surface area (Å²) >= 11 is 0. The van der Waals surface area contributed by atoms with Crippen molar-refractivity contribution >= 4 is 11.8 Å². The molecule has 2 aliphatic rings. The van der Waals surface area contributed by atoms with Crippen LogP contribution in [0.3, 0.4) is 0 Å². The van der Waals surface area contributed by atoms with Crippen LogP contribution < -0.4 is 9.47 Å². The van der Waals surface area contributed by atoms with Gasteiger partial charge in [0.2, 0.25) is 5.91 Å². The predicted molar refractivity (Wildman–Crippen MR) is 108 cm³/mol. The monoisotopic (exact) mass is 388 g/mol. The molecule has 2 fully saturated rings. The standard InChI is InChI=1S/C22H32N2O4/c1-16(2)28-19-8-7-18(15-20(19)27-3)22(26)24-13-9-17(10-14-24)21(25)23-11-5-4-6-12-23/h7-8,15-17H,4-6,9-14H2,1-3H3. The van der Waals surface area contributed by atoms with E-state index >= 15 is 0 Å². The van der Waals surface area contributed by atoms with Crippen LogP contribution in [0.2, 0.25) is 0 Å². The normalized spacial score (nSPS) is 18.3. The summed E-state index contributed by atoms with van der Waals surface area (Å²) in [6.45, 7) is 6.93. The van der Waals surface area contributed by atoms with Crippen LogP contribution >= 0.6 is 0 Å².